The van der Waals surface area contributed by atoms with Crippen LogP contribution in [0.15, 0.2) is 24.3 Å². The van der Waals surface area contributed by atoms with Crippen molar-refractivity contribution in [1.29, 1.82) is 0 Å². The molecule has 0 aliphatic carbocycles. The van der Waals surface area contributed by atoms with Gasteiger partial charge in [-0.15, -0.1) is 20.4 Å². The summed E-state index contributed by atoms with van der Waals surface area (Å²) < 4.78 is 0. The van der Waals surface area contributed by atoms with Gasteiger partial charge in [-0.05, 0) is 56.9 Å². The quantitative estimate of drug-likeness (QED) is 0.690. The standard InChI is InChI=1S/C19H21N7OS/c1-10-22-25-18(28-10)11-2-5-16-12(6-11)7-17(24-23-16)21-19(27)26-14-3-4-15(26)9-13(20)8-14/h2,5-7,13-15H,3-4,8-9,20H2,1H3,(H,21,24,27)/t13?,14-,15+. The Morgan fingerprint density at radius 2 is 1.93 bits per heavy atom. The van der Waals surface area contributed by atoms with Gasteiger partial charge in [0.15, 0.2) is 5.82 Å². The molecule has 0 saturated carbocycles. The molecule has 3 N–H and O–H groups in total. The third-order valence-corrected chi connectivity index (χ3v) is 6.49. The van der Waals surface area contributed by atoms with Crippen molar-refractivity contribution in [3.63, 3.8) is 0 Å². The number of hydrogen-bond donors (Lipinski definition) is 2. The molecule has 3 atom stereocenters. The van der Waals surface area contributed by atoms with E-state index in [0.717, 1.165) is 52.2 Å². The van der Waals surface area contributed by atoms with Crippen molar-refractivity contribution in [2.75, 3.05) is 5.32 Å². The van der Waals surface area contributed by atoms with Gasteiger partial charge >= 0.3 is 6.03 Å². The lowest BCUT2D eigenvalue weighted by Gasteiger charge is -2.37. The Kier molecular flexibility index (Phi) is 4.21. The molecule has 0 spiro atoms. The predicted octanol–water partition coefficient (Wildman–Crippen LogP) is 2.94. The molecule has 0 radical (unpaired) electrons. The molecule has 8 nitrogen and oxygen atoms in total. The predicted molar refractivity (Wildman–Crippen MR) is 108 cm³/mol. The molecule has 1 aromatic carbocycles. The summed E-state index contributed by atoms with van der Waals surface area (Å²) in [7, 11) is 0. The lowest BCUT2D eigenvalue weighted by atomic mass is 9.99. The Bertz CT molecular complexity index is 1040. The lowest BCUT2D eigenvalue weighted by Crippen LogP contribution is -2.51. The van der Waals surface area contributed by atoms with Gasteiger partial charge in [-0.25, -0.2) is 4.79 Å². The van der Waals surface area contributed by atoms with E-state index in [0.29, 0.717) is 5.82 Å². The number of aromatic nitrogens is 4. The van der Waals surface area contributed by atoms with Crippen molar-refractivity contribution in [2.24, 2.45) is 5.73 Å². The first-order valence-electron chi connectivity index (χ1n) is 9.50. The van der Waals surface area contributed by atoms with Crippen LogP contribution in [-0.2, 0) is 0 Å². The molecule has 2 aromatic heterocycles. The van der Waals surface area contributed by atoms with E-state index >= 15 is 0 Å². The number of piperidine rings is 1. The Morgan fingerprint density at radius 3 is 2.64 bits per heavy atom. The summed E-state index contributed by atoms with van der Waals surface area (Å²) in [5, 5.41) is 22.3. The number of urea groups is 1. The Balaban J connectivity index is 1.39. The summed E-state index contributed by atoms with van der Waals surface area (Å²) in [6, 6.07) is 8.28. The first-order valence-corrected chi connectivity index (χ1v) is 10.3. The number of rotatable bonds is 2. The number of fused-ring (bicyclic) bond motifs is 3. The largest absolute Gasteiger partial charge is 0.328 e. The second-order valence-corrected chi connectivity index (χ2v) is 8.76. The highest BCUT2D eigenvalue weighted by Crippen LogP contribution is 2.35. The molecule has 1 unspecified atom stereocenters. The van der Waals surface area contributed by atoms with E-state index in [9.17, 15) is 4.79 Å². The Morgan fingerprint density at radius 1 is 1.14 bits per heavy atom. The van der Waals surface area contributed by atoms with E-state index < -0.39 is 0 Å². The van der Waals surface area contributed by atoms with E-state index in [1.165, 1.54) is 0 Å². The normalized spacial score (nSPS) is 23.9. The number of nitrogens with two attached hydrogens (primary N) is 1. The first-order chi connectivity index (χ1) is 13.6. The van der Waals surface area contributed by atoms with Crippen molar-refractivity contribution in [3.05, 3.63) is 29.3 Å². The number of benzene rings is 1. The van der Waals surface area contributed by atoms with E-state index in [4.69, 9.17) is 5.73 Å². The maximum atomic E-state index is 12.9. The van der Waals surface area contributed by atoms with Gasteiger partial charge < -0.3 is 10.6 Å². The summed E-state index contributed by atoms with van der Waals surface area (Å²) in [5.41, 5.74) is 7.86. The Hall–Kier alpha value is -2.65. The monoisotopic (exact) mass is 395 g/mol. The van der Waals surface area contributed by atoms with E-state index in [1.54, 1.807) is 11.3 Å². The summed E-state index contributed by atoms with van der Waals surface area (Å²) >= 11 is 1.55. The zero-order chi connectivity index (χ0) is 19.3. The van der Waals surface area contributed by atoms with Crippen LogP contribution < -0.4 is 11.1 Å². The van der Waals surface area contributed by atoms with Crippen LogP contribution in [0.25, 0.3) is 21.5 Å². The fraction of sp³-hybridized carbons (Fsp3) is 0.421. The zero-order valence-electron chi connectivity index (χ0n) is 15.5. The lowest BCUT2D eigenvalue weighted by molar-refractivity contribution is 0.150. The molecular weight excluding hydrogens is 374 g/mol. The minimum atomic E-state index is -0.107. The summed E-state index contributed by atoms with van der Waals surface area (Å²) in [6.07, 6.45) is 3.80. The van der Waals surface area contributed by atoms with Crippen molar-refractivity contribution in [3.8, 4) is 10.6 Å². The number of anilines is 1. The number of carbonyl (C=O) groups excluding carboxylic acids is 1. The minimum Gasteiger partial charge on any atom is -0.328 e. The molecule has 2 amide bonds. The maximum Gasteiger partial charge on any atom is 0.323 e. The number of nitrogens with one attached hydrogen (secondary N) is 1. The number of carbonyl (C=O) groups is 1. The van der Waals surface area contributed by atoms with Gasteiger partial charge in [0.25, 0.3) is 0 Å². The highest BCUT2D eigenvalue weighted by Gasteiger charge is 2.42. The van der Waals surface area contributed by atoms with Gasteiger partial charge in [0, 0.05) is 29.1 Å². The van der Waals surface area contributed by atoms with Gasteiger partial charge in [0.1, 0.15) is 10.0 Å². The fourth-order valence-corrected chi connectivity index (χ4v) is 5.07. The van der Waals surface area contributed by atoms with Gasteiger partial charge in [-0.2, -0.15) is 0 Å². The molecule has 2 aliphatic rings. The van der Waals surface area contributed by atoms with Crippen molar-refractivity contribution < 1.29 is 4.79 Å². The average Bonchev–Trinajstić information content (AvgIpc) is 3.22. The van der Waals surface area contributed by atoms with Gasteiger partial charge in [0.2, 0.25) is 0 Å². The zero-order valence-corrected chi connectivity index (χ0v) is 16.3. The number of hydrogen-bond acceptors (Lipinski definition) is 7. The highest BCUT2D eigenvalue weighted by atomic mass is 32.1. The third kappa shape index (κ3) is 3.10. The molecule has 2 aliphatic heterocycles. The van der Waals surface area contributed by atoms with Crippen molar-refractivity contribution in [2.45, 2.75) is 50.7 Å². The second-order valence-electron chi connectivity index (χ2n) is 7.58. The van der Waals surface area contributed by atoms with Gasteiger partial charge in [0.05, 0.1) is 5.52 Å². The van der Waals surface area contributed by atoms with Gasteiger partial charge in [-0.3, -0.25) is 5.32 Å². The van der Waals surface area contributed by atoms with Crippen LogP contribution >= 0.6 is 11.3 Å². The van der Waals surface area contributed by atoms with Crippen LogP contribution in [0.1, 0.15) is 30.7 Å². The minimum absolute atomic E-state index is 0.107. The summed E-state index contributed by atoms with van der Waals surface area (Å²) in [4.78, 5) is 14.8. The van der Waals surface area contributed by atoms with Crippen molar-refractivity contribution in [1.82, 2.24) is 25.3 Å². The number of nitrogens with zero attached hydrogens (tertiary/aromatic N) is 5. The molecule has 2 saturated heterocycles. The summed E-state index contributed by atoms with van der Waals surface area (Å²) in [6.45, 7) is 1.93. The van der Waals surface area contributed by atoms with Crippen molar-refractivity contribution >= 4 is 34.1 Å². The molecule has 2 bridgehead atoms. The number of amides is 2. The average molecular weight is 395 g/mol. The molecule has 9 heteroatoms. The molecule has 3 aromatic rings. The van der Waals surface area contributed by atoms with E-state index in [2.05, 4.69) is 25.7 Å². The fourth-order valence-electron chi connectivity index (χ4n) is 4.38. The second kappa shape index (κ2) is 6.75. The van der Waals surface area contributed by atoms with Crippen LogP contribution in [0.3, 0.4) is 0 Å². The smallest absolute Gasteiger partial charge is 0.323 e. The molecule has 28 heavy (non-hydrogen) atoms. The molecule has 2 fully saturated rings. The van der Waals surface area contributed by atoms with Crippen LogP contribution in [0, 0.1) is 6.92 Å². The number of aryl methyl sites for hydroxylation is 1. The third-order valence-electron chi connectivity index (χ3n) is 5.60. The summed E-state index contributed by atoms with van der Waals surface area (Å²) in [5.74, 6) is 0.456. The molecule has 4 heterocycles. The maximum absolute atomic E-state index is 12.9. The van der Waals surface area contributed by atoms with Crippen LogP contribution in [0.5, 0.6) is 0 Å². The molecule has 144 valence electrons. The highest BCUT2D eigenvalue weighted by molar-refractivity contribution is 7.14. The van der Waals surface area contributed by atoms with Gasteiger partial charge in [-0.1, -0.05) is 11.3 Å². The molecule has 5 rings (SSSR count). The van der Waals surface area contributed by atoms with Crippen LogP contribution in [-0.4, -0.2) is 49.5 Å². The van der Waals surface area contributed by atoms with E-state index in [1.807, 2.05) is 36.1 Å². The topological polar surface area (TPSA) is 110 Å². The SMILES string of the molecule is Cc1nnc(-c2ccc3nnc(NC(=O)N4[C@@H]5CC[C@H]4CC(N)C5)cc3c2)s1. The van der Waals surface area contributed by atoms with Crippen LogP contribution in [0.4, 0.5) is 10.6 Å². The van der Waals surface area contributed by atoms with Crippen LogP contribution in [0.2, 0.25) is 0 Å². The Labute approximate surface area is 166 Å². The first kappa shape index (κ1) is 17.4. The molecular formula is C19H21N7OS. The van der Waals surface area contributed by atoms with E-state index in [-0.39, 0.29) is 24.2 Å².